The van der Waals surface area contributed by atoms with Crippen LogP contribution in [0.3, 0.4) is 0 Å². The van der Waals surface area contributed by atoms with E-state index < -0.39 is 24.7 Å². The quantitative estimate of drug-likeness (QED) is 0.752. The summed E-state index contributed by atoms with van der Waals surface area (Å²) < 4.78 is 0. The predicted molar refractivity (Wildman–Crippen MR) is 73.9 cm³/mol. The zero-order chi connectivity index (χ0) is 14.7. The minimum absolute atomic E-state index is 0.273. The fraction of sp³-hybridized carbons (Fsp3) is 0.385. The van der Waals surface area contributed by atoms with Crippen molar-refractivity contribution in [1.82, 2.24) is 5.32 Å². The number of hydrogen-bond donors (Lipinski definition) is 3. The summed E-state index contributed by atoms with van der Waals surface area (Å²) in [5, 5.41) is 21.7. The number of nitrogens with zero attached hydrogens (tertiary/aromatic N) is 1. The molecule has 20 heavy (non-hydrogen) atoms. The Morgan fingerprint density at radius 2 is 2.20 bits per heavy atom. The van der Waals surface area contributed by atoms with Gasteiger partial charge in [0.25, 0.3) is 0 Å². The average Bonchev–Trinajstić information content (AvgIpc) is 2.81. The lowest BCUT2D eigenvalue weighted by molar-refractivity contribution is -0.136. The van der Waals surface area contributed by atoms with E-state index in [0.717, 1.165) is 4.90 Å². The first-order valence-corrected chi connectivity index (χ1v) is 6.55. The summed E-state index contributed by atoms with van der Waals surface area (Å²) in [6.07, 6.45) is -0.315. The smallest absolute Gasteiger partial charge is 0.323 e. The molecule has 0 bridgehead atoms. The zero-order valence-corrected chi connectivity index (χ0v) is 11.4. The molecular weight excluding hydrogens is 284 g/mol. The van der Waals surface area contributed by atoms with Crippen molar-refractivity contribution in [3.05, 3.63) is 29.3 Å². The van der Waals surface area contributed by atoms with E-state index in [2.05, 4.69) is 5.32 Å². The molecule has 1 amide bonds. The number of carboxylic acid groups (broad SMARTS) is 1. The number of aliphatic carboxylic acids is 1. The summed E-state index contributed by atoms with van der Waals surface area (Å²) in [4.78, 5) is 24.5. The van der Waals surface area contributed by atoms with Gasteiger partial charge in [0, 0.05) is 17.3 Å². The molecule has 1 aliphatic heterocycles. The largest absolute Gasteiger partial charge is 0.480 e. The molecule has 108 valence electrons. The van der Waals surface area contributed by atoms with Gasteiger partial charge in [-0.1, -0.05) is 17.7 Å². The molecule has 2 atom stereocenters. The van der Waals surface area contributed by atoms with Crippen LogP contribution in [0.15, 0.2) is 24.3 Å². The average molecular weight is 299 g/mol. The van der Waals surface area contributed by atoms with Crippen LogP contribution in [0.5, 0.6) is 0 Å². The van der Waals surface area contributed by atoms with E-state index in [-0.39, 0.29) is 12.3 Å². The molecule has 0 radical (unpaired) electrons. The number of hydrogen-bond acceptors (Lipinski definition) is 4. The molecule has 1 heterocycles. The van der Waals surface area contributed by atoms with Gasteiger partial charge in [-0.25, -0.2) is 0 Å². The monoisotopic (exact) mass is 298 g/mol. The molecule has 2 rings (SSSR count). The standard InChI is InChI=1S/C13H15ClN2O4/c14-8-2-1-3-9(4-8)16(7-12(18)19)13(20)11-5-10(17)6-15-11/h1-4,10-11,15,17H,5-7H2,(H,18,19). The molecule has 7 heteroatoms. The van der Waals surface area contributed by atoms with Gasteiger partial charge in [0.2, 0.25) is 5.91 Å². The lowest BCUT2D eigenvalue weighted by atomic mass is 10.1. The first-order chi connectivity index (χ1) is 9.47. The van der Waals surface area contributed by atoms with E-state index in [0.29, 0.717) is 17.3 Å². The van der Waals surface area contributed by atoms with E-state index in [1.54, 1.807) is 18.2 Å². The van der Waals surface area contributed by atoms with Crippen molar-refractivity contribution in [3.8, 4) is 0 Å². The molecule has 0 aliphatic carbocycles. The van der Waals surface area contributed by atoms with Crippen LogP contribution in [-0.4, -0.2) is 47.3 Å². The lowest BCUT2D eigenvalue weighted by Gasteiger charge is -2.24. The Hall–Kier alpha value is -1.63. The summed E-state index contributed by atoms with van der Waals surface area (Å²) in [6, 6.07) is 5.87. The highest BCUT2D eigenvalue weighted by Crippen LogP contribution is 2.21. The van der Waals surface area contributed by atoms with Crippen molar-refractivity contribution in [2.24, 2.45) is 0 Å². The van der Waals surface area contributed by atoms with Gasteiger partial charge in [0.1, 0.15) is 6.54 Å². The van der Waals surface area contributed by atoms with Gasteiger partial charge in [-0.15, -0.1) is 0 Å². The van der Waals surface area contributed by atoms with E-state index >= 15 is 0 Å². The Bertz CT molecular complexity index is 523. The number of aliphatic hydroxyl groups excluding tert-OH is 1. The number of aliphatic hydroxyl groups is 1. The van der Waals surface area contributed by atoms with Crippen LogP contribution in [0.1, 0.15) is 6.42 Å². The van der Waals surface area contributed by atoms with Crippen LogP contribution in [-0.2, 0) is 9.59 Å². The summed E-state index contributed by atoms with van der Waals surface area (Å²) >= 11 is 5.87. The van der Waals surface area contributed by atoms with Crippen molar-refractivity contribution in [2.45, 2.75) is 18.6 Å². The number of β-amino-alcohol motifs (C(OH)–C–C–N with tert-alkyl or cyclic N) is 1. The van der Waals surface area contributed by atoms with Crippen molar-refractivity contribution < 1.29 is 19.8 Å². The summed E-state index contributed by atoms with van der Waals surface area (Å²) in [6.45, 7) is -0.125. The SMILES string of the molecule is O=C(O)CN(C(=O)C1CC(O)CN1)c1cccc(Cl)c1. The Morgan fingerprint density at radius 1 is 1.45 bits per heavy atom. The molecule has 1 aromatic carbocycles. The Kier molecular flexibility index (Phi) is 4.59. The van der Waals surface area contributed by atoms with Crippen molar-refractivity contribution in [2.75, 3.05) is 18.0 Å². The second-order valence-electron chi connectivity index (χ2n) is 4.65. The fourth-order valence-electron chi connectivity index (χ4n) is 2.17. The van der Waals surface area contributed by atoms with Gasteiger partial charge in [-0.05, 0) is 24.6 Å². The molecule has 6 nitrogen and oxygen atoms in total. The summed E-state index contributed by atoms with van der Waals surface area (Å²) in [5.74, 6) is -1.50. The Labute approximate surface area is 121 Å². The van der Waals surface area contributed by atoms with Crippen LogP contribution < -0.4 is 10.2 Å². The van der Waals surface area contributed by atoms with Gasteiger partial charge < -0.3 is 15.5 Å². The van der Waals surface area contributed by atoms with Crippen LogP contribution in [0.25, 0.3) is 0 Å². The molecule has 0 aromatic heterocycles. The van der Waals surface area contributed by atoms with Gasteiger partial charge in [-0.2, -0.15) is 0 Å². The molecule has 0 saturated carbocycles. The second-order valence-corrected chi connectivity index (χ2v) is 5.08. The third-order valence-electron chi connectivity index (χ3n) is 3.09. The van der Waals surface area contributed by atoms with Gasteiger partial charge in [-0.3, -0.25) is 14.5 Å². The Balaban J connectivity index is 2.23. The van der Waals surface area contributed by atoms with Crippen LogP contribution >= 0.6 is 11.6 Å². The second kappa shape index (κ2) is 6.21. The van der Waals surface area contributed by atoms with Crippen molar-refractivity contribution >= 4 is 29.2 Å². The van der Waals surface area contributed by atoms with Crippen molar-refractivity contribution in [3.63, 3.8) is 0 Å². The predicted octanol–water partition coefficient (Wildman–Crippen LogP) is 0.480. The first kappa shape index (κ1) is 14.8. The molecule has 0 spiro atoms. The number of rotatable bonds is 4. The number of anilines is 1. The highest BCUT2D eigenvalue weighted by atomic mass is 35.5. The maximum atomic E-state index is 12.4. The lowest BCUT2D eigenvalue weighted by Crippen LogP contribution is -2.46. The van der Waals surface area contributed by atoms with Gasteiger partial charge >= 0.3 is 5.97 Å². The molecular formula is C13H15ClN2O4. The van der Waals surface area contributed by atoms with E-state index in [4.69, 9.17) is 16.7 Å². The highest BCUT2D eigenvalue weighted by molar-refractivity contribution is 6.31. The van der Waals surface area contributed by atoms with E-state index in [9.17, 15) is 14.7 Å². The maximum Gasteiger partial charge on any atom is 0.323 e. The Morgan fingerprint density at radius 3 is 2.75 bits per heavy atom. The minimum atomic E-state index is -1.11. The number of amides is 1. The van der Waals surface area contributed by atoms with Gasteiger partial charge in [0.15, 0.2) is 0 Å². The van der Waals surface area contributed by atoms with Crippen molar-refractivity contribution in [1.29, 1.82) is 0 Å². The fourth-order valence-corrected chi connectivity index (χ4v) is 2.35. The van der Waals surface area contributed by atoms with Crippen LogP contribution in [0.4, 0.5) is 5.69 Å². The summed E-state index contributed by atoms with van der Waals surface area (Å²) in [5.41, 5.74) is 0.424. The molecule has 3 N–H and O–H groups in total. The third-order valence-corrected chi connectivity index (χ3v) is 3.32. The first-order valence-electron chi connectivity index (χ1n) is 6.17. The number of halogens is 1. The molecule has 1 aromatic rings. The maximum absolute atomic E-state index is 12.4. The molecule has 1 saturated heterocycles. The normalized spacial score (nSPS) is 21.7. The topological polar surface area (TPSA) is 89.9 Å². The number of benzene rings is 1. The van der Waals surface area contributed by atoms with E-state index in [1.807, 2.05) is 0 Å². The van der Waals surface area contributed by atoms with Crippen LogP contribution in [0, 0.1) is 0 Å². The highest BCUT2D eigenvalue weighted by Gasteiger charge is 2.32. The summed E-state index contributed by atoms with van der Waals surface area (Å²) in [7, 11) is 0. The molecule has 1 aliphatic rings. The van der Waals surface area contributed by atoms with Gasteiger partial charge in [0.05, 0.1) is 12.1 Å². The minimum Gasteiger partial charge on any atom is -0.480 e. The van der Waals surface area contributed by atoms with E-state index in [1.165, 1.54) is 6.07 Å². The number of carbonyl (C=O) groups is 2. The number of carbonyl (C=O) groups excluding carboxylic acids is 1. The molecule has 2 unspecified atom stereocenters. The molecule has 1 fully saturated rings. The number of carboxylic acids is 1. The number of nitrogens with one attached hydrogen (secondary N) is 1. The zero-order valence-electron chi connectivity index (χ0n) is 10.6. The third kappa shape index (κ3) is 3.47. The van der Waals surface area contributed by atoms with Crippen LogP contribution in [0.2, 0.25) is 5.02 Å².